The molecule has 0 amide bonds. The Balaban J connectivity index is 2.47. The fourth-order valence-corrected chi connectivity index (χ4v) is 6.97. The monoisotopic (exact) mass is 817 g/mol. The summed E-state index contributed by atoms with van der Waals surface area (Å²) in [5.74, 6) is -2.01. The molecular weight excluding hydrogens is 741 g/mol. The molecule has 1 aliphatic heterocycles. The summed E-state index contributed by atoms with van der Waals surface area (Å²) in [7, 11) is -4.60. The second-order valence-electron chi connectivity index (χ2n) is 15.0. The summed E-state index contributed by atoms with van der Waals surface area (Å²) in [6, 6.07) is 0. The van der Waals surface area contributed by atoms with Crippen LogP contribution in [-0.4, -0.2) is 96.0 Å². The third kappa shape index (κ3) is 28.3. The van der Waals surface area contributed by atoms with E-state index in [9.17, 15) is 37.9 Å². The molecule has 0 saturated carbocycles. The number of esters is 2. The highest BCUT2D eigenvalue weighted by Gasteiger charge is 2.46. The smallest absolute Gasteiger partial charge is 0.306 e. The lowest BCUT2D eigenvalue weighted by molar-refractivity contribution is -0.297. The zero-order valence-electron chi connectivity index (χ0n) is 34.5. The Kier molecular flexibility index (Phi) is 31.3. The lowest BCUT2D eigenvalue weighted by Gasteiger charge is -2.40. The van der Waals surface area contributed by atoms with Crippen LogP contribution in [-0.2, 0) is 38.7 Å². The summed E-state index contributed by atoms with van der Waals surface area (Å²) in [5.41, 5.74) is 0. The van der Waals surface area contributed by atoms with Crippen LogP contribution in [0.3, 0.4) is 0 Å². The number of hydrogen-bond donors (Lipinski definition) is 4. The van der Waals surface area contributed by atoms with Crippen molar-refractivity contribution in [2.24, 2.45) is 0 Å². The molecule has 12 nitrogen and oxygen atoms in total. The molecule has 4 N–H and O–H groups in total. The van der Waals surface area contributed by atoms with Crippen LogP contribution in [0, 0.1) is 0 Å². The highest BCUT2D eigenvalue weighted by molar-refractivity contribution is 7.85. The molecule has 0 bridgehead atoms. The van der Waals surface area contributed by atoms with E-state index in [2.05, 4.69) is 50.3 Å². The van der Waals surface area contributed by atoms with Crippen molar-refractivity contribution in [1.82, 2.24) is 0 Å². The Morgan fingerprint density at radius 2 is 1.09 bits per heavy atom. The number of unbranched alkanes of at least 4 members (excludes halogenated alkanes) is 17. The Labute approximate surface area is 338 Å². The lowest BCUT2D eigenvalue weighted by atomic mass is 10.00. The highest BCUT2D eigenvalue weighted by atomic mass is 32.2. The van der Waals surface area contributed by atoms with Gasteiger partial charge in [0, 0.05) is 12.8 Å². The number of carbonyl (C=O) groups is 2. The van der Waals surface area contributed by atoms with Crippen LogP contribution in [0.25, 0.3) is 0 Å². The van der Waals surface area contributed by atoms with E-state index in [1.807, 2.05) is 0 Å². The van der Waals surface area contributed by atoms with Crippen molar-refractivity contribution < 1.29 is 56.8 Å². The minimum absolute atomic E-state index is 0.153. The molecule has 1 saturated heterocycles. The molecule has 0 spiro atoms. The Morgan fingerprint density at radius 1 is 0.607 bits per heavy atom. The normalized spacial score (nSPS) is 21.0. The van der Waals surface area contributed by atoms with Gasteiger partial charge >= 0.3 is 11.9 Å². The number of hydrogen-bond acceptors (Lipinski definition) is 11. The molecule has 56 heavy (non-hydrogen) atoms. The molecule has 0 radical (unpaired) electrons. The van der Waals surface area contributed by atoms with Crippen molar-refractivity contribution in [3.05, 3.63) is 36.5 Å². The van der Waals surface area contributed by atoms with E-state index in [0.29, 0.717) is 12.8 Å². The fourth-order valence-electron chi connectivity index (χ4n) is 6.27. The summed E-state index contributed by atoms with van der Waals surface area (Å²) in [6.45, 7) is 3.67. The zero-order chi connectivity index (χ0) is 41.3. The minimum Gasteiger partial charge on any atom is -0.462 e. The lowest BCUT2D eigenvalue weighted by Crippen LogP contribution is -2.60. The van der Waals surface area contributed by atoms with Crippen LogP contribution in [0.2, 0.25) is 0 Å². The molecule has 0 aliphatic carbocycles. The first-order valence-corrected chi connectivity index (χ1v) is 23.2. The summed E-state index contributed by atoms with van der Waals surface area (Å²) in [5, 5.41) is 30.8. The van der Waals surface area contributed by atoms with Gasteiger partial charge in [-0.2, -0.15) is 8.42 Å². The molecule has 326 valence electrons. The quantitative estimate of drug-likeness (QED) is 0.0208. The van der Waals surface area contributed by atoms with Gasteiger partial charge in [-0.15, -0.1) is 0 Å². The molecule has 1 rings (SSSR count). The van der Waals surface area contributed by atoms with Crippen LogP contribution in [0.1, 0.15) is 168 Å². The van der Waals surface area contributed by atoms with E-state index in [1.165, 1.54) is 44.9 Å². The minimum atomic E-state index is -4.60. The van der Waals surface area contributed by atoms with Gasteiger partial charge < -0.3 is 34.3 Å². The first kappa shape index (κ1) is 51.9. The van der Waals surface area contributed by atoms with E-state index < -0.39 is 71.2 Å². The molecule has 0 aromatic heterocycles. The molecule has 6 atom stereocenters. The number of aliphatic hydroxyl groups excluding tert-OH is 3. The van der Waals surface area contributed by atoms with E-state index in [0.717, 1.165) is 83.5 Å². The maximum Gasteiger partial charge on any atom is 0.306 e. The van der Waals surface area contributed by atoms with Crippen molar-refractivity contribution in [3.8, 4) is 0 Å². The Hall–Kier alpha value is -2.13. The predicted octanol–water partition coefficient (Wildman–Crippen LogP) is 8.22. The average molecular weight is 817 g/mol. The van der Waals surface area contributed by atoms with E-state index in [4.69, 9.17) is 18.9 Å². The Bertz CT molecular complexity index is 1190. The van der Waals surface area contributed by atoms with E-state index in [-0.39, 0.29) is 19.4 Å². The first-order valence-electron chi connectivity index (χ1n) is 21.5. The zero-order valence-corrected chi connectivity index (χ0v) is 35.3. The molecule has 2 unspecified atom stereocenters. The number of aliphatic hydroxyl groups is 3. The predicted molar refractivity (Wildman–Crippen MR) is 219 cm³/mol. The second-order valence-corrected chi connectivity index (χ2v) is 16.5. The van der Waals surface area contributed by atoms with Gasteiger partial charge in [0.25, 0.3) is 10.1 Å². The van der Waals surface area contributed by atoms with Crippen molar-refractivity contribution in [3.63, 3.8) is 0 Å². The van der Waals surface area contributed by atoms with Gasteiger partial charge in [0.15, 0.2) is 12.4 Å². The van der Waals surface area contributed by atoms with E-state index in [1.54, 1.807) is 0 Å². The molecule has 13 heteroatoms. The van der Waals surface area contributed by atoms with Crippen molar-refractivity contribution in [1.29, 1.82) is 0 Å². The Morgan fingerprint density at radius 3 is 1.64 bits per heavy atom. The molecule has 0 aromatic carbocycles. The molecule has 1 aliphatic rings. The second kappa shape index (κ2) is 33.8. The van der Waals surface area contributed by atoms with Gasteiger partial charge in [-0.3, -0.25) is 14.1 Å². The average Bonchev–Trinajstić information content (AvgIpc) is 3.16. The maximum absolute atomic E-state index is 12.8. The van der Waals surface area contributed by atoms with Crippen LogP contribution in [0.15, 0.2) is 36.5 Å². The maximum atomic E-state index is 12.8. The van der Waals surface area contributed by atoms with Crippen molar-refractivity contribution >= 4 is 22.1 Å². The third-order valence-corrected chi connectivity index (χ3v) is 10.4. The van der Waals surface area contributed by atoms with Gasteiger partial charge in [0.1, 0.15) is 36.8 Å². The van der Waals surface area contributed by atoms with Crippen LogP contribution in [0.5, 0.6) is 0 Å². The SMILES string of the molecule is CCCC/C=C/CCCCCCCC(=O)OC[C@H](CO[C@H]1O[C@H](CS(=O)(=O)O)[C@@H](O)C(O)C1O)OC(=O)CCCCCCCCC/C=C/C/C=C/CCCCC. The summed E-state index contributed by atoms with van der Waals surface area (Å²) >= 11 is 0. The molecular formula is C43H76O12S. The number of carbonyl (C=O) groups excluding carboxylic acids is 2. The fraction of sp³-hybridized carbons (Fsp3) is 0.814. The van der Waals surface area contributed by atoms with Gasteiger partial charge in [-0.05, 0) is 64.2 Å². The topological polar surface area (TPSA) is 186 Å². The standard InChI is InChI=1S/C43H76O12S/c1-3-5-7-9-11-13-15-16-17-18-19-20-22-24-26-28-30-32-39(45)54-36(33-52-38(44)31-29-27-25-23-21-14-12-10-8-6-4-2)34-53-43-42(48)41(47)40(46)37(55-43)35-56(49,50)51/h10-13,16-17,36-37,40-43,46-48H,3-9,14-15,18-35H2,1-2H3,(H,49,50,51)/b12-10+,13-11+,17-16+/t36-,37-,40-,41?,42?,43+/m1/s1. The molecule has 1 fully saturated rings. The van der Waals surface area contributed by atoms with Crippen molar-refractivity contribution in [2.75, 3.05) is 19.0 Å². The summed E-state index contributed by atoms with van der Waals surface area (Å²) < 4.78 is 53.9. The highest BCUT2D eigenvalue weighted by Crippen LogP contribution is 2.24. The van der Waals surface area contributed by atoms with Gasteiger partial charge in [0.2, 0.25) is 0 Å². The van der Waals surface area contributed by atoms with E-state index >= 15 is 0 Å². The molecule has 0 aromatic rings. The number of allylic oxidation sites excluding steroid dienone is 6. The largest absolute Gasteiger partial charge is 0.462 e. The van der Waals surface area contributed by atoms with Crippen LogP contribution in [0.4, 0.5) is 0 Å². The van der Waals surface area contributed by atoms with Gasteiger partial charge in [0.05, 0.1) is 6.61 Å². The van der Waals surface area contributed by atoms with Crippen LogP contribution >= 0.6 is 0 Å². The summed E-state index contributed by atoms with van der Waals surface area (Å²) in [4.78, 5) is 25.3. The van der Waals surface area contributed by atoms with Gasteiger partial charge in [-0.25, -0.2) is 0 Å². The number of rotatable bonds is 35. The van der Waals surface area contributed by atoms with Crippen molar-refractivity contribution in [2.45, 2.75) is 205 Å². The van der Waals surface area contributed by atoms with Gasteiger partial charge in [-0.1, -0.05) is 127 Å². The third-order valence-electron chi connectivity index (χ3n) is 9.69. The first-order chi connectivity index (χ1) is 27.0. The molecule has 1 heterocycles. The number of ether oxygens (including phenoxy) is 4. The van der Waals surface area contributed by atoms with Crippen LogP contribution < -0.4 is 0 Å². The summed E-state index contributed by atoms with van der Waals surface area (Å²) in [6.07, 6.45) is 27.6.